The highest BCUT2D eigenvalue weighted by atomic mass is 19.4. The third-order valence-electron chi connectivity index (χ3n) is 3.46. The number of halogens is 3. The maximum Gasteiger partial charge on any atom is 0.391 e. The van der Waals surface area contributed by atoms with Gasteiger partial charge in [-0.05, 0) is 32.1 Å². The van der Waals surface area contributed by atoms with Crippen LogP contribution in [0.4, 0.5) is 13.2 Å². The van der Waals surface area contributed by atoms with Crippen molar-refractivity contribution in [3.05, 3.63) is 0 Å². The first-order valence-electron chi connectivity index (χ1n) is 5.91. The largest absolute Gasteiger partial charge is 0.391 e. The lowest BCUT2D eigenvalue weighted by Crippen LogP contribution is -2.44. The summed E-state index contributed by atoms with van der Waals surface area (Å²) in [5.41, 5.74) is 2.61. The molecule has 17 heavy (non-hydrogen) atoms. The summed E-state index contributed by atoms with van der Waals surface area (Å²) in [7, 11) is 0. The molecule has 0 spiro atoms. The van der Waals surface area contributed by atoms with Gasteiger partial charge in [0.05, 0.1) is 5.92 Å². The Hall–Kier alpha value is -0.730. The van der Waals surface area contributed by atoms with Crippen LogP contribution >= 0.6 is 0 Å². The Kier molecular flexibility index (Phi) is 5.29. The van der Waals surface area contributed by atoms with Crippen LogP contribution in [0.1, 0.15) is 39.0 Å². The first kappa shape index (κ1) is 14.3. The Morgan fingerprint density at radius 3 is 2.65 bits per heavy atom. The van der Waals surface area contributed by atoms with E-state index in [1.165, 1.54) is 0 Å². The highest BCUT2D eigenvalue weighted by Gasteiger charge is 2.43. The summed E-state index contributed by atoms with van der Waals surface area (Å²) < 4.78 is 38.0. The molecule has 1 saturated carbocycles. The van der Waals surface area contributed by atoms with E-state index in [1.807, 2.05) is 0 Å². The van der Waals surface area contributed by atoms with Crippen molar-refractivity contribution in [3.8, 4) is 11.8 Å². The van der Waals surface area contributed by atoms with Crippen molar-refractivity contribution >= 4 is 0 Å². The van der Waals surface area contributed by atoms with E-state index in [4.69, 9.17) is 5.84 Å². The normalized spacial score (nSPS) is 27.1. The summed E-state index contributed by atoms with van der Waals surface area (Å²) in [5, 5.41) is 0. The molecule has 0 aromatic heterocycles. The summed E-state index contributed by atoms with van der Waals surface area (Å²) in [5.74, 6) is 9.82. The van der Waals surface area contributed by atoms with Gasteiger partial charge in [0.25, 0.3) is 0 Å². The standard InChI is InChI=1S/C12H19F3N2/c1-2-3-7-11(17-16)9-5-4-6-10(8-9)12(13,14)15/h9-11,17H,4-8,16H2,1H3. The molecule has 0 saturated heterocycles. The van der Waals surface area contributed by atoms with E-state index in [-0.39, 0.29) is 24.8 Å². The molecule has 0 aromatic rings. The molecule has 3 unspecified atom stereocenters. The Balaban J connectivity index is 2.60. The Morgan fingerprint density at radius 1 is 1.41 bits per heavy atom. The zero-order chi connectivity index (χ0) is 12.9. The number of rotatable bonds is 3. The average molecular weight is 248 g/mol. The minimum absolute atomic E-state index is 0.0266. The molecular formula is C12H19F3N2. The average Bonchev–Trinajstić information content (AvgIpc) is 2.29. The molecule has 3 atom stereocenters. The van der Waals surface area contributed by atoms with Crippen molar-refractivity contribution < 1.29 is 13.2 Å². The quantitative estimate of drug-likeness (QED) is 0.458. The predicted molar refractivity (Wildman–Crippen MR) is 60.7 cm³/mol. The van der Waals surface area contributed by atoms with Crippen LogP contribution in [0, 0.1) is 23.7 Å². The molecule has 1 aliphatic carbocycles. The first-order valence-corrected chi connectivity index (χ1v) is 5.91. The van der Waals surface area contributed by atoms with Crippen molar-refractivity contribution in [1.82, 2.24) is 5.43 Å². The van der Waals surface area contributed by atoms with Gasteiger partial charge in [0.1, 0.15) is 0 Å². The summed E-state index contributed by atoms with van der Waals surface area (Å²) in [6.07, 6.45) is -1.73. The van der Waals surface area contributed by atoms with Gasteiger partial charge < -0.3 is 0 Å². The van der Waals surface area contributed by atoms with Crippen LogP contribution in [-0.2, 0) is 0 Å². The second kappa shape index (κ2) is 6.27. The van der Waals surface area contributed by atoms with Gasteiger partial charge in [0, 0.05) is 12.5 Å². The van der Waals surface area contributed by atoms with E-state index in [9.17, 15) is 13.2 Å². The first-order chi connectivity index (χ1) is 7.99. The molecule has 1 rings (SSSR count). The molecule has 1 aliphatic rings. The summed E-state index contributed by atoms with van der Waals surface area (Å²) in [6.45, 7) is 1.72. The third-order valence-corrected chi connectivity index (χ3v) is 3.46. The van der Waals surface area contributed by atoms with E-state index in [0.717, 1.165) is 6.42 Å². The van der Waals surface area contributed by atoms with Gasteiger partial charge in [0.15, 0.2) is 0 Å². The summed E-state index contributed by atoms with van der Waals surface area (Å²) in [4.78, 5) is 0. The van der Waals surface area contributed by atoms with Crippen LogP contribution in [0.3, 0.4) is 0 Å². The van der Waals surface area contributed by atoms with Crippen LogP contribution in [0.25, 0.3) is 0 Å². The number of hydrogen-bond acceptors (Lipinski definition) is 2. The van der Waals surface area contributed by atoms with Gasteiger partial charge in [-0.3, -0.25) is 11.3 Å². The minimum atomic E-state index is -4.08. The second-order valence-electron chi connectivity index (χ2n) is 4.57. The highest BCUT2D eigenvalue weighted by Crippen LogP contribution is 2.41. The molecule has 0 heterocycles. The zero-order valence-corrected chi connectivity index (χ0v) is 9.98. The van der Waals surface area contributed by atoms with Gasteiger partial charge >= 0.3 is 6.18 Å². The molecule has 0 radical (unpaired) electrons. The maximum atomic E-state index is 12.7. The topological polar surface area (TPSA) is 38.0 Å². The molecule has 1 fully saturated rings. The number of alkyl halides is 3. The molecule has 2 nitrogen and oxygen atoms in total. The van der Waals surface area contributed by atoms with E-state index < -0.39 is 12.1 Å². The maximum absolute atomic E-state index is 12.7. The molecule has 3 N–H and O–H groups in total. The van der Waals surface area contributed by atoms with Crippen molar-refractivity contribution in [3.63, 3.8) is 0 Å². The van der Waals surface area contributed by atoms with Gasteiger partial charge in [-0.2, -0.15) is 13.2 Å². The SMILES string of the molecule is CC#CCC(NN)C1CCCC(C(F)(F)F)C1. The fraction of sp³-hybridized carbons (Fsp3) is 0.833. The van der Waals surface area contributed by atoms with Crippen LogP contribution in [0.15, 0.2) is 0 Å². The van der Waals surface area contributed by atoms with E-state index in [2.05, 4.69) is 17.3 Å². The molecule has 0 bridgehead atoms. The van der Waals surface area contributed by atoms with Gasteiger partial charge in [-0.15, -0.1) is 11.8 Å². The van der Waals surface area contributed by atoms with Gasteiger partial charge in [0.2, 0.25) is 0 Å². The van der Waals surface area contributed by atoms with E-state index in [1.54, 1.807) is 6.92 Å². The van der Waals surface area contributed by atoms with Crippen LogP contribution in [-0.4, -0.2) is 12.2 Å². The Bertz CT molecular complexity index is 290. The summed E-state index contributed by atoms with van der Waals surface area (Å²) >= 11 is 0. The lowest BCUT2D eigenvalue weighted by molar-refractivity contribution is -0.186. The predicted octanol–water partition coefficient (Wildman–Crippen LogP) is 2.60. The van der Waals surface area contributed by atoms with Gasteiger partial charge in [-0.1, -0.05) is 6.42 Å². The number of nitrogens with one attached hydrogen (secondary N) is 1. The number of hydrazine groups is 1. The van der Waals surface area contributed by atoms with Crippen molar-refractivity contribution in [2.24, 2.45) is 17.7 Å². The molecule has 0 amide bonds. The van der Waals surface area contributed by atoms with Crippen LogP contribution in [0.2, 0.25) is 0 Å². The molecule has 0 aromatic carbocycles. The lowest BCUT2D eigenvalue weighted by Gasteiger charge is -2.34. The van der Waals surface area contributed by atoms with Crippen LogP contribution < -0.4 is 11.3 Å². The minimum Gasteiger partial charge on any atom is -0.271 e. The van der Waals surface area contributed by atoms with Crippen molar-refractivity contribution in [1.29, 1.82) is 0 Å². The van der Waals surface area contributed by atoms with E-state index >= 15 is 0 Å². The lowest BCUT2D eigenvalue weighted by atomic mass is 9.77. The van der Waals surface area contributed by atoms with Crippen molar-refractivity contribution in [2.45, 2.75) is 51.2 Å². The molecule has 0 aliphatic heterocycles. The number of nitrogens with two attached hydrogens (primary N) is 1. The fourth-order valence-corrected chi connectivity index (χ4v) is 2.46. The third kappa shape index (κ3) is 4.21. The second-order valence-corrected chi connectivity index (χ2v) is 4.57. The molecule has 5 heteroatoms. The van der Waals surface area contributed by atoms with E-state index in [0.29, 0.717) is 12.8 Å². The Morgan fingerprint density at radius 2 is 2.12 bits per heavy atom. The zero-order valence-electron chi connectivity index (χ0n) is 9.98. The summed E-state index contributed by atoms with van der Waals surface area (Å²) in [6, 6.07) is -0.132. The highest BCUT2D eigenvalue weighted by molar-refractivity contribution is 5.00. The molecular weight excluding hydrogens is 229 g/mol. The molecule has 98 valence electrons. The Labute approximate surface area is 100 Å². The monoisotopic (exact) mass is 248 g/mol. The van der Waals surface area contributed by atoms with Gasteiger partial charge in [-0.25, -0.2) is 0 Å². The fourth-order valence-electron chi connectivity index (χ4n) is 2.46. The number of hydrogen-bond donors (Lipinski definition) is 2. The smallest absolute Gasteiger partial charge is 0.271 e. The van der Waals surface area contributed by atoms with Crippen LogP contribution in [0.5, 0.6) is 0 Å². The van der Waals surface area contributed by atoms with Crippen molar-refractivity contribution in [2.75, 3.05) is 0 Å².